The fraction of sp³-hybridized carbons (Fsp3) is 0.542. The number of amides is 3. The van der Waals surface area contributed by atoms with Gasteiger partial charge in [0.2, 0.25) is 15.9 Å². The Balaban J connectivity index is 1.91. The second kappa shape index (κ2) is 11.5. The maximum absolute atomic E-state index is 13.3. The Labute approximate surface area is 217 Å². The molecule has 0 saturated carbocycles. The smallest absolute Gasteiger partial charge is 0.323 e. The molecule has 13 heteroatoms. The Hall–Kier alpha value is -3.16. The zero-order valence-corrected chi connectivity index (χ0v) is 22.8. The number of carbonyl (C=O) groups excluding carboxylic acids is 2. The SMILES string of the molecule is Cc1noc(C)c1NC(=O)Nc1ccc2c(c1)CC(=O)N([C@H](C)CO)C[C@H](C)[C@H](CN(C)S(C)(=O)=O)O2. The molecule has 3 rings (SSSR count). The number of urea groups is 1. The number of fused-ring (bicyclic) bond motifs is 1. The molecular weight excluding hydrogens is 502 g/mol. The number of hydrogen-bond donors (Lipinski definition) is 3. The average Bonchev–Trinajstić information content (AvgIpc) is 3.15. The molecule has 1 aromatic heterocycles. The van der Waals surface area contributed by atoms with Crippen LogP contribution in [0.3, 0.4) is 0 Å². The topological polar surface area (TPSA) is 154 Å². The van der Waals surface area contributed by atoms with Crippen LogP contribution in [0.2, 0.25) is 0 Å². The van der Waals surface area contributed by atoms with Crippen LogP contribution in [0.25, 0.3) is 0 Å². The van der Waals surface area contributed by atoms with E-state index in [2.05, 4.69) is 15.8 Å². The van der Waals surface area contributed by atoms with Gasteiger partial charge in [-0.1, -0.05) is 12.1 Å². The zero-order valence-electron chi connectivity index (χ0n) is 21.9. The molecule has 1 aliphatic heterocycles. The molecule has 1 aromatic carbocycles. The monoisotopic (exact) mass is 537 g/mol. The van der Waals surface area contributed by atoms with Crippen LogP contribution in [-0.4, -0.2) is 85.0 Å². The van der Waals surface area contributed by atoms with Crippen molar-refractivity contribution in [3.8, 4) is 5.75 Å². The number of benzene rings is 1. The maximum Gasteiger partial charge on any atom is 0.323 e. The molecule has 1 aliphatic rings. The van der Waals surface area contributed by atoms with E-state index < -0.39 is 28.2 Å². The second-order valence-electron chi connectivity index (χ2n) is 9.53. The quantitative estimate of drug-likeness (QED) is 0.484. The second-order valence-corrected chi connectivity index (χ2v) is 11.6. The predicted molar refractivity (Wildman–Crippen MR) is 138 cm³/mol. The Bertz CT molecular complexity index is 1230. The van der Waals surface area contributed by atoms with Gasteiger partial charge in [0.15, 0.2) is 5.76 Å². The van der Waals surface area contributed by atoms with Gasteiger partial charge < -0.3 is 29.9 Å². The number of nitrogens with one attached hydrogen (secondary N) is 2. The standard InChI is InChI=1S/C24H35N5O7S/c1-14-11-29(15(2)13-30)22(31)10-18-9-19(25-24(32)26-23-16(3)27-36-17(23)4)7-8-20(18)35-21(14)12-28(5)37(6,33)34/h7-9,14-15,21,30H,10-13H2,1-6H3,(H2,25,26,32)/t14-,15+,21-/m0/s1. The number of anilines is 2. The van der Waals surface area contributed by atoms with E-state index >= 15 is 0 Å². The minimum atomic E-state index is -3.46. The van der Waals surface area contributed by atoms with Gasteiger partial charge in [-0.15, -0.1) is 0 Å². The number of aromatic nitrogens is 1. The summed E-state index contributed by atoms with van der Waals surface area (Å²) in [6.07, 6.45) is 0.525. The lowest BCUT2D eigenvalue weighted by Crippen LogP contribution is -2.48. The van der Waals surface area contributed by atoms with Gasteiger partial charge in [-0.25, -0.2) is 17.5 Å². The molecule has 3 N–H and O–H groups in total. The van der Waals surface area contributed by atoms with Crippen LogP contribution < -0.4 is 15.4 Å². The first-order chi connectivity index (χ1) is 17.3. The van der Waals surface area contributed by atoms with Gasteiger partial charge in [-0.2, -0.15) is 0 Å². The van der Waals surface area contributed by atoms with Gasteiger partial charge in [0.05, 0.1) is 31.9 Å². The molecule has 204 valence electrons. The summed E-state index contributed by atoms with van der Waals surface area (Å²) in [4.78, 5) is 27.5. The molecule has 0 unspecified atom stereocenters. The first-order valence-corrected chi connectivity index (χ1v) is 13.8. The third-order valence-electron chi connectivity index (χ3n) is 6.45. The Morgan fingerprint density at radius 2 is 2.03 bits per heavy atom. The number of aliphatic hydroxyl groups is 1. The number of rotatable bonds is 7. The predicted octanol–water partition coefficient (Wildman–Crippen LogP) is 1.98. The van der Waals surface area contributed by atoms with Crippen molar-refractivity contribution >= 4 is 33.3 Å². The average molecular weight is 538 g/mol. The van der Waals surface area contributed by atoms with E-state index in [1.807, 2.05) is 6.92 Å². The summed E-state index contributed by atoms with van der Waals surface area (Å²) in [5.41, 5.74) is 1.97. The van der Waals surface area contributed by atoms with E-state index in [9.17, 15) is 23.1 Å². The molecule has 12 nitrogen and oxygen atoms in total. The minimum absolute atomic E-state index is 0.0258. The van der Waals surface area contributed by atoms with Gasteiger partial charge in [-0.05, 0) is 39.0 Å². The minimum Gasteiger partial charge on any atom is -0.488 e. The van der Waals surface area contributed by atoms with Gasteiger partial charge in [-0.3, -0.25) is 4.79 Å². The van der Waals surface area contributed by atoms with E-state index in [4.69, 9.17) is 9.26 Å². The molecule has 0 spiro atoms. The van der Waals surface area contributed by atoms with Crippen molar-refractivity contribution in [1.82, 2.24) is 14.4 Å². The fourth-order valence-electron chi connectivity index (χ4n) is 4.05. The number of nitrogens with zero attached hydrogens (tertiary/aromatic N) is 3. The number of ether oxygens (including phenoxy) is 1. The number of aliphatic hydroxyl groups excluding tert-OH is 1. The molecule has 2 heterocycles. The molecule has 2 aromatic rings. The lowest BCUT2D eigenvalue weighted by atomic mass is 10.0. The molecule has 0 aliphatic carbocycles. The van der Waals surface area contributed by atoms with Crippen LogP contribution >= 0.6 is 0 Å². The number of likely N-dealkylation sites (N-methyl/N-ethyl adjacent to an activating group) is 1. The highest BCUT2D eigenvalue weighted by atomic mass is 32.2. The van der Waals surface area contributed by atoms with Gasteiger partial charge in [0, 0.05) is 30.8 Å². The van der Waals surface area contributed by atoms with Crippen LogP contribution in [0.1, 0.15) is 30.9 Å². The van der Waals surface area contributed by atoms with Crippen LogP contribution in [0, 0.1) is 19.8 Å². The van der Waals surface area contributed by atoms with Crippen LogP contribution in [0.5, 0.6) is 5.75 Å². The highest BCUT2D eigenvalue weighted by Gasteiger charge is 2.32. The van der Waals surface area contributed by atoms with Crippen LogP contribution in [0.4, 0.5) is 16.2 Å². The zero-order chi connectivity index (χ0) is 27.5. The Kier molecular flexibility index (Phi) is 8.82. The third kappa shape index (κ3) is 6.99. The van der Waals surface area contributed by atoms with E-state index in [1.54, 1.807) is 43.9 Å². The summed E-state index contributed by atoms with van der Waals surface area (Å²) >= 11 is 0. The first-order valence-electron chi connectivity index (χ1n) is 11.9. The molecule has 3 atom stereocenters. The summed E-state index contributed by atoms with van der Waals surface area (Å²) in [7, 11) is -1.98. The highest BCUT2D eigenvalue weighted by molar-refractivity contribution is 7.88. The number of sulfonamides is 1. The van der Waals surface area contributed by atoms with Crippen molar-refractivity contribution in [2.24, 2.45) is 5.92 Å². The van der Waals surface area contributed by atoms with E-state index in [0.29, 0.717) is 34.1 Å². The van der Waals surface area contributed by atoms with Gasteiger partial charge >= 0.3 is 6.03 Å². The van der Waals surface area contributed by atoms with Crippen molar-refractivity contribution < 1.29 is 32.4 Å². The maximum atomic E-state index is 13.3. The third-order valence-corrected chi connectivity index (χ3v) is 7.73. The normalized spacial score (nSPS) is 19.4. The number of carbonyl (C=O) groups is 2. The lowest BCUT2D eigenvalue weighted by molar-refractivity contribution is -0.134. The summed E-state index contributed by atoms with van der Waals surface area (Å²) < 4.78 is 36.7. The number of aryl methyl sites for hydroxylation is 2. The molecule has 0 saturated heterocycles. The van der Waals surface area contributed by atoms with Gasteiger partial charge in [0.25, 0.3) is 0 Å². The largest absolute Gasteiger partial charge is 0.488 e. The first kappa shape index (κ1) is 28.4. The van der Waals surface area contributed by atoms with Crippen molar-refractivity contribution in [1.29, 1.82) is 0 Å². The Morgan fingerprint density at radius 3 is 2.62 bits per heavy atom. The molecule has 0 bridgehead atoms. The number of hydrogen-bond acceptors (Lipinski definition) is 8. The summed E-state index contributed by atoms with van der Waals surface area (Å²) in [5, 5.41) is 19.0. The molecular formula is C24H35N5O7S. The summed E-state index contributed by atoms with van der Waals surface area (Å²) in [5.74, 6) is 0.431. The van der Waals surface area contributed by atoms with Crippen molar-refractivity contribution in [3.05, 3.63) is 35.2 Å². The van der Waals surface area contributed by atoms with Crippen LogP contribution in [-0.2, 0) is 21.2 Å². The van der Waals surface area contributed by atoms with Crippen molar-refractivity contribution in [2.45, 2.75) is 46.3 Å². The van der Waals surface area contributed by atoms with Crippen molar-refractivity contribution in [3.63, 3.8) is 0 Å². The lowest BCUT2D eigenvalue weighted by Gasteiger charge is -2.33. The van der Waals surface area contributed by atoms with Crippen molar-refractivity contribution in [2.75, 3.05) is 43.6 Å². The van der Waals surface area contributed by atoms with E-state index in [0.717, 1.165) is 6.26 Å². The van der Waals surface area contributed by atoms with E-state index in [1.165, 1.54) is 11.4 Å². The molecule has 0 fully saturated rings. The summed E-state index contributed by atoms with van der Waals surface area (Å²) in [6, 6.07) is 3.99. The van der Waals surface area contributed by atoms with Gasteiger partial charge in [0.1, 0.15) is 23.2 Å². The van der Waals surface area contributed by atoms with E-state index in [-0.39, 0.29) is 37.9 Å². The summed E-state index contributed by atoms with van der Waals surface area (Å²) in [6.45, 7) is 7.16. The fourth-order valence-corrected chi connectivity index (χ4v) is 4.47. The highest BCUT2D eigenvalue weighted by Crippen LogP contribution is 2.29. The molecule has 37 heavy (non-hydrogen) atoms. The van der Waals surface area contributed by atoms with Crippen LogP contribution in [0.15, 0.2) is 22.7 Å². The molecule has 3 amide bonds. The molecule has 0 radical (unpaired) electrons. The Morgan fingerprint density at radius 1 is 1.32 bits per heavy atom.